The van der Waals surface area contributed by atoms with Gasteiger partial charge in [-0.2, -0.15) is 0 Å². The monoisotopic (exact) mass is 310 g/mol. The summed E-state index contributed by atoms with van der Waals surface area (Å²) in [4.78, 5) is 23.9. The molecule has 0 aliphatic heterocycles. The van der Waals surface area contributed by atoms with Crippen molar-refractivity contribution in [1.82, 2.24) is 0 Å². The molecule has 2 heteroatoms. The lowest BCUT2D eigenvalue weighted by Crippen LogP contribution is -2.44. The number of allylic oxidation sites excluding steroid dienone is 6. The Morgan fingerprint density at radius 3 is 2.70 bits per heavy atom. The molecule has 0 spiro atoms. The van der Waals surface area contributed by atoms with E-state index in [0.29, 0.717) is 24.0 Å². The van der Waals surface area contributed by atoms with Crippen molar-refractivity contribution in [1.29, 1.82) is 0 Å². The lowest BCUT2D eigenvalue weighted by molar-refractivity contribution is -0.120. The Morgan fingerprint density at radius 1 is 1.17 bits per heavy atom. The van der Waals surface area contributed by atoms with E-state index in [2.05, 4.69) is 32.1 Å². The summed E-state index contributed by atoms with van der Waals surface area (Å²) >= 11 is 0. The second-order valence-corrected chi connectivity index (χ2v) is 8.42. The van der Waals surface area contributed by atoms with Crippen molar-refractivity contribution in [2.45, 2.75) is 59.3 Å². The summed E-state index contributed by atoms with van der Waals surface area (Å²) < 4.78 is 0. The molecule has 122 valence electrons. The maximum Gasteiger partial charge on any atom is 0.156 e. The highest BCUT2D eigenvalue weighted by Crippen LogP contribution is 2.62. The van der Waals surface area contributed by atoms with Crippen LogP contribution in [0.4, 0.5) is 0 Å². The van der Waals surface area contributed by atoms with E-state index in [0.717, 1.165) is 37.7 Å². The van der Waals surface area contributed by atoms with Gasteiger partial charge in [0.25, 0.3) is 0 Å². The first kappa shape index (κ1) is 15.1. The molecular weight excluding hydrogens is 284 g/mol. The molecule has 0 heterocycles. The largest absolute Gasteiger partial charge is 0.299 e. The maximum absolute atomic E-state index is 12.1. The Morgan fingerprint density at radius 2 is 1.96 bits per heavy atom. The van der Waals surface area contributed by atoms with Gasteiger partial charge in [0.1, 0.15) is 5.78 Å². The zero-order valence-electron chi connectivity index (χ0n) is 14.4. The molecule has 0 aromatic carbocycles. The van der Waals surface area contributed by atoms with Gasteiger partial charge >= 0.3 is 0 Å². The first-order valence-electron chi connectivity index (χ1n) is 8.99. The van der Waals surface area contributed by atoms with Crippen LogP contribution in [0, 0.1) is 22.7 Å². The Bertz CT molecular complexity index is 693. The number of carbonyl (C=O) groups is 2. The lowest BCUT2D eigenvalue weighted by atomic mass is 9.52. The first-order valence-corrected chi connectivity index (χ1v) is 8.99. The van der Waals surface area contributed by atoms with E-state index in [9.17, 15) is 9.59 Å². The third-order valence-corrected chi connectivity index (χ3v) is 7.28. The van der Waals surface area contributed by atoms with Crippen LogP contribution < -0.4 is 0 Å². The molecule has 1 fully saturated rings. The smallest absolute Gasteiger partial charge is 0.156 e. The van der Waals surface area contributed by atoms with Crippen LogP contribution >= 0.6 is 0 Å². The van der Waals surface area contributed by atoms with Crippen LogP contribution in [0.2, 0.25) is 0 Å². The van der Waals surface area contributed by atoms with E-state index in [1.807, 2.05) is 0 Å². The average Bonchev–Trinajstić information content (AvgIpc) is 2.85. The van der Waals surface area contributed by atoms with Gasteiger partial charge in [0.2, 0.25) is 0 Å². The molecule has 0 amide bonds. The zero-order valence-corrected chi connectivity index (χ0v) is 14.4. The van der Waals surface area contributed by atoms with Gasteiger partial charge in [0.05, 0.1) is 0 Å². The summed E-state index contributed by atoms with van der Waals surface area (Å²) in [5.41, 5.74) is 4.10. The highest BCUT2D eigenvalue weighted by atomic mass is 16.1. The van der Waals surface area contributed by atoms with Gasteiger partial charge in [-0.15, -0.1) is 0 Å². The third-order valence-electron chi connectivity index (χ3n) is 7.28. The molecule has 1 saturated carbocycles. The Kier molecular flexibility index (Phi) is 3.14. The minimum absolute atomic E-state index is 0.0200. The minimum atomic E-state index is 0.0200. The number of ketones is 2. The fraction of sp³-hybridized carbons (Fsp3) is 0.619. The highest BCUT2D eigenvalue weighted by Gasteiger charge is 2.53. The number of hydrogen-bond donors (Lipinski definition) is 0. The molecule has 0 unspecified atom stereocenters. The Labute approximate surface area is 138 Å². The molecule has 4 aliphatic rings. The van der Waals surface area contributed by atoms with Gasteiger partial charge in [0, 0.05) is 23.7 Å². The number of carbonyl (C=O) groups excluding carboxylic acids is 2. The SMILES string of the molecule is CC(=O)C1=CC[C@H]2[C@@H]3CC=C4CC(=O)CC[C@]4(C)C3=CC[C@]12C. The predicted octanol–water partition coefficient (Wildman–Crippen LogP) is 4.56. The summed E-state index contributed by atoms with van der Waals surface area (Å²) in [7, 11) is 0. The van der Waals surface area contributed by atoms with Gasteiger partial charge in [-0.1, -0.05) is 43.2 Å². The van der Waals surface area contributed by atoms with Crippen LogP contribution in [-0.2, 0) is 9.59 Å². The highest BCUT2D eigenvalue weighted by molar-refractivity contribution is 5.95. The van der Waals surface area contributed by atoms with E-state index in [-0.39, 0.29) is 16.6 Å². The molecule has 0 bridgehead atoms. The maximum atomic E-state index is 12.1. The van der Waals surface area contributed by atoms with E-state index in [1.54, 1.807) is 12.5 Å². The van der Waals surface area contributed by atoms with Gasteiger partial charge in [-0.05, 0) is 50.0 Å². The van der Waals surface area contributed by atoms with E-state index in [4.69, 9.17) is 0 Å². The molecule has 0 aromatic rings. The minimum Gasteiger partial charge on any atom is -0.299 e. The van der Waals surface area contributed by atoms with Gasteiger partial charge in [0.15, 0.2) is 5.78 Å². The number of Topliss-reactive ketones (excluding diaryl/α,β-unsaturated/α-hetero) is 2. The molecule has 4 aliphatic carbocycles. The first-order chi connectivity index (χ1) is 10.9. The summed E-state index contributed by atoms with van der Waals surface area (Å²) in [6.45, 7) is 6.35. The molecule has 2 nitrogen and oxygen atoms in total. The second kappa shape index (κ2) is 4.78. The summed E-state index contributed by atoms with van der Waals surface area (Å²) in [6.07, 6.45) is 12.4. The van der Waals surface area contributed by atoms with Crippen molar-refractivity contribution in [3.8, 4) is 0 Å². The van der Waals surface area contributed by atoms with Gasteiger partial charge in [-0.3, -0.25) is 9.59 Å². The molecule has 0 N–H and O–H groups in total. The van der Waals surface area contributed by atoms with Crippen LogP contribution in [0.25, 0.3) is 0 Å². The van der Waals surface area contributed by atoms with E-state index < -0.39 is 0 Å². The second-order valence-electron chi connectivity index (χ2n) is 8.42. The van der Waals surface area contributed by atoms with Crippen LogP contribution in [0.1, 0.15) is 59.3 Å². The summed E-state index contributed by atoms with van der Waals surface area (Å²) in [5, 5.41) is 0. The average molecular weight is 310 g/mol. The predicted molar refractivity (Wildman–Crippen MR) is 90.8 cm³/mol. The van der Waals surface area contributed by atoms with Gasteiger partial charge < -0.3 is 0 Å². The molecule has 23 heavy (non-hydrogen) atoms. The quantitative estimate of drug-likeness (QED) is 0.665. The summed E-state index contributed by atoms with van der Waals surface area (Å²) in [5.74, 6) is 1.74. The normalized spacial score (nSPS) is 42.0. The van der Waals surface area contributed by atoms with Crippen LogP contribution in [-0.4, -0.2) is 11.6 Å². The fourth-order valence-corrected chi connectivity index (χ4v) is 5.91. The molecule has 0 radical (unpaired) electrons. The Hall–Kier alpha value is -1.44. The van der Waals surface area contributed by atoms with E-state index in [1.165, 1.54) is 5.57 Å². The summed E-state index contributed by atoms with van der Waals surface area (Å²) in [6, 6.07) is 0. The van der Waals surface area contributed by atoms with Crippen molar-refractivity contribution in [3.05, 3.63) is 34.9 Å². The van der Waals surface area contributed by atoms with Crippen molar-refractivity contribution in [2.75, 3.05) is 0 Å². The van der Waals surface area contributed by atoms with Crippen molar-refractivity contribution >= 4 is 11.6 Å². The number of rotatable bonds is 1. The lowest BCUT2D eigenvalue weighted by Gasteiger charge is -2.52. The van der Waals surface area contributed by atoms with Crippen LogP contribution in [0.5, 0.6) is 0 Å². The van der Waals surface area contributed by atoms with Crippen LogP contribution in [0.3, 0.4) is 0 Å². The molecule has 4 rings (SSSR count). The third kappa shape index (κ3) is 1.93. The number of fused-ring (bicyclic) bond motifs is 5. The molecule has 0 saturated heterocycles. The van der Waals surface area contributed by atoms with Crippen molar-refractivity contribution < 1.29 is 9.59 Å². The van der Waals surface area contributed by atoms with Crippen LogP contribution in [0.15, 0.2) is 34.9 Å². The molecule has 0 aromatic heterocycles. The zero-order chi connectivity index (χ0) is 16.4. The standard InChI is InChI=1S/C21H26O2/c1-13(22)17-6-7-18-16-5-4-14-12-15(23)8-10-20(14,2)19(16)9-11-21(17,18)3/h4,6,9,16,18H,5,7-8,10-12H2,1-3H3/t16-,18-,20-,21+/m0/s1. The van der Waals surface area contributed by atoms with Crippen molar-refractivity contribution in [3.63, 3.8) is 0 Å². The van der Waals surface area contributed by atoms with Gasteiger partial charge in [-0.25, -0.2) is 0 Å². The number of hydrogen-bond acceptors (Lipinski definition) is 2. The topological polar surface area (TPSA) is 34.1 Å². The fourth-order valence-electron chi connectivity index (χ4n) is 5.91. The van der Waals surface area contributed by atoms with Crippen molar-refractivity contribution in [2.24, 2.45) is 22.7 Å². The Balaban J connectivity index is 1.74. The molecule has 4 atom stereocenters. The molecular formula is C21H26O2. The van der Waals surface area contributed by atoms with E-state index >= 15 is 0 Å².